The predicted octanol–water partition coefficient (Wildman–Crippen LogP) is 1.53. The molecule has 2 N–H and O–H groups in total. The molecule has 5 heteroatoms. The molecule has 102 valence electrons. The molecule has 1 fully saturated rings. The number of piperidine rings is 1. The van der Waals surface area contributed by atoms with Gasteiger partial charge in [0.15, 0.2) is 5.82 Å². The average Bonchev–Trinajstić information content (AvgIpc) is 2.42. The fourth-order valence-corrected chi connectivity index (χ4v) is 2.63. The molecule has 0 aliphatic carbocycles. The topological polar surface area (TPSA) is 78.8 Å². The second-order valence-corrected chi connectivity index (χ2v) is 5.29. The smallest absolute Gasteiger partial charge is 0.169 e. The van der Waals surface area contributed by atoms with Crippen LogP contribution in [0.15, 0.2) is 0 Å². The van der Waals surface area contributed by atoms with Crippen molar-refractivity contribution in [3.05, 3.63) is 16.8 Å². The van der Waals surface area contributed by atoms with Crippen molar-refractivity contribution in [1.29, 1.82) is 5.26 Å². The van der Waals surface area contributed by atoms with E-state index in [0.29, 0.717) is 11.5 Å². The maximum Gasteiger partial charge on any atom is 0.169 e. The zero-order valence-electron chi connectivity index (χ0n) is 11.8. The number of anilines is 1. The molecule has 2 atom stereocenters. The van der Waals surface area contributed by atoms with E-state index >= 15 is 0 Å². The molecule has 19 heavy (non-hydrogen) atoms. The number of nitriles is 1. The third-order valence-electron chi connectivity index (χ3n) is 4.16. The van der Waals surface area contributed by atoms with Gasteiger partial charge in [0, 0.05) is 19.1 Å². The molecule has 2 heterocycles. The number of aromatic nitrogens is 2. The highest BCUT2D eigenvalue weighted by atomic mass is 15.3. The van der Waals surface area contributed by atoms with E-state index in [1.807, 2.05) is 13.8 Å². The van der Waals surface area contributed by atoms with Gasteiger partial charge in [-0.2, -0.15) is 10.4 Å². The SMILES string of the molecule is CCC1CN(c2nnc(C)c(C)c2C#N)CCC1N. The van der Waals surface area contributed by atoms with Crippen molar-refractivity contribution in [3.8, 4) is 6.07 Å². The van der Waals surface area contributed by atoms with Crippen LogP contribution < -0.4 is 10.6 Å². The van der Waals surface area contributed by atoms with Gasteiger partial charge >= 0.3 is 0 Å². The fourth-order valence-electron chi connectivity index (χ4n) is 2.63. The predicted molar refractivity (Wildman–Crippen MR) is 74.8 cm³/mol. The second kappa shape index (κ2) is 5.54. The Morgan fingerprint density at radius 2 is 2.16 bits per heavy atom. The zero-order chi connectivity index (χ0) is 14.0. The lowest BCUT2D eigenvalue weighted by atomic mass is 9.90. The van der Waals surface area contributed by atoms with E-state index in [2.05, 4.69) is 28.1 Å². The van der Waals surface area contributed by atoms with Gasteiger partial charge in [0.05, 0.1) is 5.69 Å². The largest absolute Gasteiger partial charge is 0.354 e. The maximum absolute atomic E-state index is 9.36. The lowest BCUT2D eigenvalue weighted by Gasteiger charge is -2.37. The first-order valence-electron chi connectivity index (χ1n) is 6.83. The number of hydrogen-bond donors (Lipinski definition) is 1. The van der Waals surface area contributed by atoms with Crippen LogP contribution in [0.1, 0.15) is 36.6 Å². The minimum Gasteiger partial charge on any atom is -0.354 e. The van der Waals surface area contributed by atoms with Gasteiger partial charge in [0.2, 0.25) is 0 Å². The molecular weight excluding hydrogens is 238 g/mol. The molecule has 2 unspecified atom stereocenters. The second-order valence-electron chi connectivity index (χ2n) is 5.29. The Morgan fingerprint density at radius 1 is 1.42 bits per heavy atom. The van der Waals surface area contributed by atoms with Crippen LogP contribution in [0, 0.1) is 31.1 Å². The summed E-state index contributed by atoms with van der Waals surface area (Å²) in [5.41, 5.74) is 8.52. The van der Waals surface area contributed by atoms with Gasteiger partial charge in [-0.3, -0.25) is 0 Å². The quantitative estimate of drug-likeness (QED) is 0.871. The Hall–Kier alpha value is -1.67. The number of nitrogens with zero attached hydrogens (tertiary/aromatic N) is 4. The first kappa shape index (κ1) is 13.8. The molecule has 0 spiro atoms. The summed E-state index contributed by atoms with van der Waals surface area (Å²) in [6, 6.07) is 2.53. The van der Waals surface area contributed by atoms with Crippen LogP contribution in [0.25, 0.3) is 0 Å². The zero-order valence-corrected chi connectivity index (χ0v) is 11.8. The average molecular weight is 259 g/mol. The molecule has 2 rings (SSSR count). The first-order chi connectivity index (χ1) is 9.08. The van der Waals surface area contributed by atoms with Crippen LogP contribution in [0.4, 0.5) is 5.82 Å². The van der Waals surface area contributed by atoms with Gasteiger partial charge in [-0.15, -0.1) is 5.10 Å². The van der Waals surface area contributed by atoms with Gasteiger partial charge in [-0.25, -0.2) is 0 Å². The van der Waals surface area contributed by atoms with E-state index in [4.69, 9.17) is 5.73 Å². The molecule has 0 saturated carbocycles. The first-order valence-corrected chi connectivity index (χ1v) is 6.83. The number of nitrogens with two attached hydrogens (primary N) is 1. The van der Waals surface area contributed by atoms with E-state index in [1.165, 1.54) is 0 Å². The van der Waals surface area contributed by atoms with E-state index in [1.54, 1.807) is 0 Å². The van der Waals surface area contributed by atoms with Gasteiger partial charge in [0.1, 0.15) is 11.6 Å². The van der Waals surface area contributed by atoms with E-state index in [-0.39, 0.29) is 6.04 Å². The molecule has 1 aromatic heterocycles. The molecular formula is C14H21N5. The summed E-state index contributed by atoms with van der Waals surface area (Å²) in [5, 5.41) is 17.8. The number of hydrogen-bond acceptors (Lipinski definition) is 5. The van der Waals surface area contributed by atoms with Crippen molar-refractivity contribution in [2.45, 2.75) is 39.7 Å². The fraction of sp³-hybridized carbons (Fsp3) is 0.643. The molecule has 0 aromatic carbocycles. The van der Waals surface area contributed by atoms with E-state index in [0.717, 1.165) is 43.0 Å². The van der Waals surface area contributed by atoms with Crippen LogP contribution in [0.3, 0.4) is 0 Å². The van der Waals surface area contributed by atoms with Crippen molar-refractivity contribution in [2.24, 2.45) is 11.7 Å². The third kappa shape index (κ3) is 2.54. The lowest BCUT2D eigenvalue weighted by Crippen LogP contribution is -2.47. The highest BCUT2D eigenvalue weighted by Gasteiger charge is 2.28. The molecule has 0 bridgehead atoms. The minimum absolute atomic E-state index is 0.256. The Bertz CT molecular complexity index is 505. The lowest BCUT2D eigenvalue weighted by molar-refractivity contribution is 0.346. The van der Waals surface area contributed by atoms with Crippen LogP contribution in [-0.2, 0) is 0 Å². The third-order valence-corrected chi connectivity index (χ3v) is 4.16. The molecule has 1 saturated heterocycles. The summed E-state index contributed by atoms with van der Waals surface area (Å²) < 4.78 is 0. The minimum atomic E-state index is 0.256. The van der Waals surface area contributed by atoms with Gasteiger partial charge in [0.25, 0.3) is 0 Å². The number of aryl methyl sites for hydroxylation is 1. The maximum atomic E-state index is 9.36. The van der Waals surface area contributed by atoms with Crippen LogP contribution in [-0.4, -0.2) is 29.3 Å². The van der Waals surface area contributed by atoms with Crippen LogP contribution in [0.2, 0.25) is 0 Å². The molecule has 1 aromatic rings. The molecule has 5 nitrogen and oxygen atoms in total. The Balaban J connectivity index is 2.33. The molecule has 0 amide bonds. The van der Waals surface area contributed by atoms with Gasteiger partial charge in [-0.1, -0.05) is 13.3 Å². The van der Waals surface area contributed by atoms with Crippen molar-refractivity contribution >= 4 is 5.82 Å². The summed E-state index contributed by atoms with van der Waals surface area (Å²) >= 11 is 0. The monoisotopic (exact) mass is 259 g/mol. The normalized spacial score (nSPS) is 23.2. The summed E-state index contributed by atoms with van der Waals surface area (Å²) in [7, 11) is 0. The van der Waals surface area contributed by atoms with Gasteiger partial charge < -0.3 is 10.6 Å². The highest BCUT2D eigenvalue weighted by Crippen LogP contribution is 2.27. The van der Waals surface area contributed by atoms with Crippen molar-refractivity contribution in [1.82, 2.24) is 10.2 Å². The standard InChI is InChI=1S/C14H21N5/c1-4-11-8-19(6-5-13(11)16)14-12(7-15)9(2)10(3)17-18-14/h11,13H,4-6,8,16H2,1-3H3. The molecule has 0 radical (unpaired) electrons. The summed E-state index contributed by atoms with van der Waals surface area (Å²) in [6.45, 7) is 7.69. The van der Waals surface area contributed by atoms with E-state index in [9.17, 15) is 5.26 Å². The Kier molecular flexibility index (Phi) is 4.01. The van der Waals surface area contributed by atoms with Gasteiger partial charge in [-0.05, 0) is 31.7 Å². The summed E-state index contributed by atoms with van der Waals surface area (Å²) in [5.74, 6) is 1.18. The van der Waals surface area contributed by atoms with Crippen molar-refractivity contribution in [3.63, 3.8) is 0 Å². The molecule has 1 aliphatic heterocycles. The van der Waals surface area contributed by atoms with Crippen molar-refractivity contribution < 1.29 is 0 Å². The Morgan fingerprint density at radius 3 is 2.79 bits per heavy atom. The summed E-state index contributed by atoms with van der Waals surface area (Å²) in [6.07, 6.45) is 2.00. The van der Waals surface area contributed by atoms with Crippen molar-refractivity contribution in [2.75, 3.05) is 18.0 Å². The van der Waals surface area contributed by atoms with Crippen LogP contribution in [0.5, 0.6) is 0 Å². The van der Waals surface area contributed by atoms with Crippen LogP contribution >= 0.6 is 0 Å². The van der Waals surface area contributed by atoms with E-state index < -0.39 is 0 Å². The summed E-state index contributed by atoms with van der Waals surface area (Å²) in [4.78, 5) is 2.16. The number of rotatable bonds is 2. The highest BCUT2D eigenvalue weighted by molar-refractivity contribution is 5.57. The molecule has 1 aliphatic rings. The Labute approximate surface area is 114 Å².